The molecule has 0 spiro atoms. The lowest BCUT2D eigenvalue weighted by Gasteiger charge is -2.21. The van der Waals surface area contributed by atoms with E-state index in [1.165, 1.54) is 11.1 Å². The van der Waals surface area contributed by atoms with E-state index < -0.39 is 0 Å². The number of nitrogens with one attached hydrogen (secondary N) is 1. The molecule has 2 heterocycles. The van der Waals surface area contributed by atoms with Gasteiger partial charge in [-0.3, -0.25) is 4.68 Å². The number of hydrogen-bond donors (Lipinski definition) is 1. The molecule has 1 N–H and O–H groups in total. The van der Waals surface area contributed by atoms with Crippen molar-refractivity contribution in [2.24, 2.45) is 0 Å². The summed E-state index contributed by atoms with van der Waals surface area (Å²) < 4.78 is 13.0. The van der Waals surface area contributed by atoms with Gasteiger partial charge in [0.15, 0.2) is 0 Å². The molecule has 1 aromatic heterocycles. The summed E-state index contributed by atoms with van der Waals surface area (Å²) in [6.45, 7) is 6.50. The number of methoxy groups -OCH3 is 1. The minimum atomic E-state index is 0.340. The average Bonchev–Trinajstić information content (AvgIpc) is 2.97. The number of benzene rings is 1. The summed E-state index contributed by atoms with van der Waals surface area (Å²) in [4.78, 5) is 0. The monoisotopic (exact) mass is 313 g/mol. The number of rotatable bonds is 6. The molecule has 1 atom stereocenters. The summed E-state index contributed by atoms with van der Waals surface area (Å²) in [7, 11) is 1.66. The van der Waals surface area contributed by atoms with E-state index in [0.29, 0.717) is 12.6 Å². The first-order valence-electron chi connectivity index (χ1n) is 7.87. The number of nitrogens with zero attached hydrogens (tertiary/aromatic N) is 2. The standard InChI is InChI=1S/C18H23N3O2/c1-13-8-20-21(10-13)11-14(2)19-9-15-6-16-4-5-17(22-3)7-18(16)23-12-15/h4-8,10,14,19H,9,11-12H2,1-3H3. The molecule has 122 valence electrons. The van der Waals surface area contributed by atoms with Gasteiger partial charge in [0.2, 0.25) is 0 Å². The quantitative estimate of drug-likeness (QED) is 0.891. The number of ether oxygens (including phenoxy) is 2. The Morgan fingerprint density at radius 3 is 3.04 bits per heavy atom. The Kier molecular flexibility index (Phi) is 4.67. The van der Waals surface area contributed by atoms with Gasteiger partial charge in [-0.15, -0.1) is 0 Å². The average molecular weight is 313 g/mol. The van der Waals surface area contributed by atoms with Crippen molar-refractivity contribution in [3.63, 3.8) is 0 Å². The van der Waals surface area contributed by atoms with Gasteiger partial charge in [0.25, 0.3) is 0 Å². The molecule has 0 aliphatic carbocycles. The van der Waals surface area contributed by atoms with E-state index in [1.807, 2.05) is 29.1 Å². The molecule has 0 radical (unpaired) electrons. The molecule has 0 fully saturated rings. The zero-order valence-electron chi connectivity index (χ0n) is 13.9. The minimum absolute atomic E-state index is 0.340. The van der Waals surface area contributed by atoms with E-state index in [4.69, 9.17) is 9.47 Å². The van der Waals surface area contributed by atoms with Crippen LogP contribution in [0.3, 0.4) is 0 Å². The summed E-state index contributed by atoms with van der Waals surface area (Å²) in [5.74, 6) is 1.70. The fourth-order valence-electron chi connectivity index (χ4n) is 2.64. The molecule has 0 amide bonds. The van der Waals surface area contributed by atoms with Gasteiger partial charge in [0.1, 0.15) is 18.1 Å². The smallest absolute Gasteiger partial charge is 0.130 e. The number of aryl methyl sites for hydroxylation is 1. The molecule has 5 heteroatoms. The van der Waals surface area contributed by atoms with Crippen molar-refractivity contribution < 1.29 is 9.47 Å². The van der Waals surface area contributed by atoms with Crippen molar-refractivity contribution in [2.75, 3.05) is 20.3 Å². The third-order valence-electron chi connectivity index (χ3n) is 3.89. The van der Waals surface area contributed by atoms with Crippen LogP contribution in [0.5, 0.6) is 11.5 Å². The molecule has 1 aliphatic rings. The Balaban J connectivity index is 1.56. The van der Waals surface area contributed by atoms with Gasteiger partial charge in [0, 0.05) is 30.4 Å². The Labute approximate surface area is 136 Å². The number of aromatic nitrogens is 2. The maximum atomic E-state index is 5.83. The third kappa shape index (κ3) is 3.93. The molecule has 1 aromatic carbocycles. The van der Waals surface area contributed by atoms with Crippen LogP contribution in [0, 0.1) is 6.92 Å². The first-order valence-corrected chi connectivity index (χ1v) is 7.87. The minimum Gasteiger partial charge on any atom is -0.497 e. The van der Waals surface area contributed by atoms with Gasteiger partial charge in [-0.2, -0.15) is 5.10 Å². The summed E-state index contributed by atoms with van der Waals surface area (Å²) in [6.07, 6.45) is 6.14. The highest BCUT2D eigenvalue weighted by atomic mass is 16.5. The van der Waals surface area contributed by atoms with Crippen molar-refractivity contribution in [2.45, 2.75) is 26.4 Å². The lowest BCUT2D eigenvalue weighted by Crippen LogP contribution is -2.33. The van der Waals surface area contributed by atoms with Crippen LogP contribution in [0.1, 0.15) is 18.1 Å². The Morgan fingerprint density at radius 1 is 1.43 bits per heavy atom. The lowest BCUT2D eigenvalue weighted by molar-refractivity contribution is 0.335. The molecule has 3 rings (SSSR count). The molecule has 1 unspecified atom stereocenters. The number of fused-ring (bicyclic) bond motifs is 1. The van der Waals surface area contributed by atoms with E-state index in [1.54, 1.807) is 7.11 Å². The molecular weight excluding hydrogens is 290 g/mol. The Hall–Kier alpha value is -2.27. The fraction of sp³-hybridized carbons (Fsp3) is 0.389. The Morgan fingerprint density at radius 2 is 2.30 bits per heavy atom. The molecular formula is C18H23N3O2. The summed E-state index contributed by atoms with van der Waals surface area (Å²) in [5.41, 5.74) is 3.53. The van der Waals surface area contributed by atoms with Crippen LogP contribution in [0.15, 0.2) is 36.2 Å². The molecule has 23 heavy (non-hydrogen) atoms. The van der Waals surface area contributed by atoms with Crippen molar-refractivity contribution in [3.8, 4) is 11.5 Å². The van der Waals surface area contributed by atoms with Gasteiger partial charge in [-0.1, -0.05) is 0 Å². The van der Waals surface area contributed by atoms with Gasteiger partial charge in [-0.05, 0) is 43.2 Å². The number of hydrogen-bond acceptors (Lipinski definition) is 4. The van der Waals surface area contributed by atoms with Gasteiger partial charge >= 0.3 is 0 Å². The van der Waals surface area contributed by atoms with Crippen LogP contribution >= 0.6 is 0 Å². The second-order valence-electron chi connectivity index (χ2n) is 6.02. The fourth-order valence-corrected chi connectivity index (χ4v) is 2.64. The van der Waals surface area contributed by atoms with Gasteiger partial charge in [0.05, 0.1) is 19.9 Å². The van der Waals surface area contributed by atoms with Crippen LogP contribution < -0.4 is 14.8 Å². The summed E-state index contributed by atoms with van der Waals surface area (Å²) in [5, 5.41) is 7.85. The predicted octanol–water partition coefficient (Wildman–Crippen LogP) is 2.65. The van der Waals surface area contributed by atoms with E-state index in [-0.39, 0.29) is 0 Å². The summed E-state index contributed by atoms with van der Waals surface area (Å²) in [6, 6.07) is 6.26. The van der Waals surface area contributed by atoms with Crippen LogP contribution in [0.4, 0.5) is 0 Å². The van der Waals surface area contributed by atoms with Crippen LogP contribution in [-0.2, 0) is 6.54 Å². The van der Waals surface area contributed by atoms with E-state index in [2.05, 4.69) is 36.5 Å². The Bertz CT molecular complexity index is 706. The van der Waals surface area contributed by atoms with Crippen molar-refractivity contribution in [1.29, 1.82) is 0 Å². The molecule has 0 saturated carbocycles. The maximum absolute atomic E-state index is 5.83. The lowest BCUT2D eigenvalue weighted by atomic mass is 10.1. The molecule has 0 bridgehead atoms. The van der Waals surface area contributed by atoms with E-state index >= 15 is 0 Å². The van der Waals surface area contributed by atoms with Crippen LogP contribution in [0.25, 0.3) is 6.08 Å². The summed E-state index contributed by atoms with van der Waals surface area (Å²) >= 11 is 0. The predicted molar refractivity (Wildman–Crippen MR) is 90.9 cm³/mol. The van der Waals surface area contributed by atoms with Crippen LogP contribution in [-0.4, -0.2) is 36.1 Å². The van der Waals surface area contributed by atoms with E-state index in [0.717, 1.165) is 30.2 Å². The topological polar surface area (TPSA) is 48.3 Å². The molecule has 2 aromatic rings. The first-order chi connectivity index (χ1) is 11.1. The molecule has 0 saturated heterocycles. The SMILES string of the molecule is COc1ccc2c(c1)OCC(CNC(C)Cn1cc(C)cn1)=C2. The largest absolute Gasteiger partial charge is 0.497 e. The highest BCUT2D eigenvalue weighted by molar-refractivity contribution is 5.63. The van der Waals surface area contributed by atoms with Crippen molar-refractivity contribution in [3.05, 3.63) is 47.3 Å². The van der Waals surface area contributed by atoms with Crippen molar-refractivity contribution >= 4 is 6.08 Å². The maximum Gasteiger partial charge on any atom is 0.130 e. The third-order valence-corrected chi connectivity index (χ3v) is 3.89. The second kappa shape index (κ2) is 6.87. The van der Waals surface area contributed by atoms with Crippen LogP contribution in [0.2, 0.25) is 0 Å². The van der Waals surface area contributed by atoms with Crippen molar-refractivity contribution in [1.82, 2.24) is 15.1 Å². The highest BCUT2D eigenvalue weighted by Crippen LogP contribution is 2.30. The van der Waals surface area contributed by atoms with Gasteiger partial charge in [-0.25, -0.2) is 0 Å². The normalized spacial score (nSPS) is 14.7. The highest BCUT2D eigenvalue weighted by Gasteiger charge is 2.13. The molecule has 5 nitrogen and oxygen atoms in total. The zero-order chi connectivity index (χ0) is 16.2. The molecule has 1 aliphatic heterocycles. The van der Waals surface area contributed by atoms with Gasteiger partial charge < -0.3 is 14.8 Å². The second-order valence-corrected chi connectivity index (χ2v) is 6.02. The van der Waals surface area contributed by atoms with E-state index in [9.17, 15) is 0 Å². The zero-order valence-corrected chi connectivity index (χ0v) is 13.9. The first kappa shape index (κ1) is 15.6.